The standard InChI is InChI=1S/C89H166NO8P/c1-6-8-10-12-14-16-18-20-22-24-26-28-30-32-34-36-38-40-42-43-44-45-46-48-49-51-53-55-57-59-61-63-65-67-69-71-73-75-77-79-81-88(91)95-85-87(86-97-99(93,94)96-84-83-90(3,4)5)98-89(92)82-80-78-76-74-72-70-68-66-64-62-60-58-56-54-52-50-47-41-39-37-35-33-31-29-27-25-23-21-19-17-15-13-11-9-7-2/h9,11,15,17,21,23,27,29,33,35,39,41,87H,6-8,10,12-14,16,18-20,22,24-26,28,30-32,34,36-38,40,42-86H2,1-5H3/p+1/b11-9-,17-15-,23-21-,29-27-,35-33-,41-39-. The van der Waals surface area contributed by atoms with Crippen molar-refractivity contribution in [3.05, 3.63) is 72.9 Å². The Balaban J connectivity index is 3.88. The molecule has 0 spiro atoms. The first-order valence-corrected chi connectivity index (χ1v) is 44.7. The maximum absolute atomic E-state index is 12.9. The molecule has 0 amide bonds. The van der Waals surface area contributed by atoms with E-state index in [2.05, 4.69) is 86.8 Å². The number of phosphoric acid groups is 1. The Kier molecular flexibility index (Phi) is 77.5. The predicted molar refractivity (Wildman–Crippen MR) is 432 cm³/mol. The number of carbonyl (C=O) groups excluding carboxylic acids is 2. The van der Waals surface area contributed by atoms with Crippen LogP contribution in [-0.4, -0.2) is 74.9 Å². The third-order valence-corrected chi connectivity index (χ3v) is 20.5. The molecule has 0 heterocycles. The maximum atomic E-state index is 12.9. The van der Waals surface area contributed by atoms with Crippen molar-refractivity contribution in [1.82, 2.24) is 0 Å². The van der Waals surface area contributed by atoms with Gasteiger partial charge in [-0.25, -0.2) is 4.57 Å². The van der Waals surface area contributed by atoms with Crippen LogP contribution in [0.4, 0.5) is 0 Å². The molecule has 9 nitrogen and oxygen atoms in total. The van der Waals surface area contributed by atoms with E-state index in [1.165, 1.54) is 327 Å². The molecule has 0 aromatic heterocycles. The number of esters is 2. The first kappa shape index (κ1) is 96.4. The number of phosphoric ester groups is 1. The van der Waals surface area contributed by atoms with Crippen molar-refractivity contribution >= 4 is 19.8 Å². The number of unbranched alkanes of at least 4 members (excludes halogenated alkanes) is 55. The number of rotatable bonds is 81. The number of nitrogens with zero attached hydrogens (tertiary/aromatic N) is 1. The summed E-state index contributed by atoms with van der Waals surface area (Å²) < 4.78 is 34.9. The van der Waals surface area contributed by atoms with Gasteiger partial charge in [0.05, 0.1) is 27.7 Å². The van der Waals surface area contributed by atoms with E-state index in [9.17, 15) is 19.0 Å². The summed E-state index contributed by atoms with van der Waals surface area (Å²) >= 11 is 0. The fourth-order valence-corrected chi connectivity index (χ4v) is 13.7. The van der Waals surface area contributed by atoms with E-state index in [1.807, 2.05) is 21.1 Å². The average molecular weight is 1410 g/mol. The molecule has 0 aromatic rings. The van der Waals surface area contributed by atoms with Gasteiger partial charge in [0.25, 0.3) is 0 Å². The molecule has 2 unspecified atom stereocenters. The van der Waals surface area contributed by atoms with Gasteiger partial charge in [0, 0.05) is 12.8 Å². The minimum atomic E-state index is -4.40. The van der Waals surface area contributed by atoms with Gasteiger partial charge in [0.1, 0.15) is 19.8 Å². The van der Waals surface area contributed by atoms with E-state index in [4.69, 9.17) is 18.5 Å². The molecule has 0 radical (unpaired) electrons. The second-order valence-electron chi connectivity index (χ2n) is 30.6. The molecule has 0 aliphatic carbocycles. The van der Waals surface area contributed by atoms with E-state index >= 15 is 0 Å². The van der Waals surface area contributed by atoms with Gasteiger partial charge >= 0.3 is 19.8 Å². The summed E-state index contributed by atoms with van der Waals surface area (Å²) in [7, 11) is 1.50. The van der Waals surface area contributed by atoms with Gasteiger partial charge in [-0.05, 0) is 64.2 Å². The van der Waals surface area contributed by atoms with Crippen LogP contribution in [-0.2, 0) is 32.7 Å². The Bertz CT molecular complexity index is 1900. The van der Waals surface area contributed by atoms with Gasteiger partial charge in [-0.1, -0.05) is 427 Å². The van der Waals surface area contributed by atoms with E-state index in [-0.39, 0.29) is 25.6 Å². The Morgan fingerprint density at radius 1 is 0.323 bits per heavy atom. The minimum Gasteiger partial charge on any atom is -0.462 e. The zero-order chi connectivity index (χ0) is 71.8. The molecule has 580 valence electrons. The summed E-state index contributed by atoms with van der Waals surface area (Å²) in [6.07, 6.45) is 109. The first-order chi connectivity index (χ1) is 48.5. The Morgan fingerprint density at radius 2 is 0.576 bits per heavy atom. The van der Waals surface area contributed by atoms with Crippen molar-refractivity contribution in [3.63, 3.8) is 0 Å². The van der Waals surface area contributed by atoms with Crippen LogP contribution in [0.2, 0.25) is 0 Å². The fourth-order valence-electron chi connectivity index (χ4n) is 13.0. The number of ether oxygens (including phenoxy) is 2. The lowest BCUT2D eigenvalue weighted by molar-refractivity contribution is -0.870. The van der Waals surface area contributed by atoms with Crippen LogP contribution in [0, 0.1) is 0 Å². The molecule has 0 bridgehead atoms. The molecule has 99 heavy (non-hydrogen) atoms. The number of likely N-dealkylation sites (N-methyl/N-ethyl adjacent to an activating group) is 1. The highest BCUT2D eigenvalue weighted by atomic mass is 31.2. The number of carbonyl (C=O) groups is 2. The second kappa shape index (κ2) is 79.6. The second-order valence-corrected chi connectivity index (χ2v) is 32.0. The van der Waals surface area contributed by atoms with Gasteiger partial charge in [-0.3, -0.25) is 18.6 Å². The lowest BCUT2D eigenvalue weighted by Gasteiger charge is -2.24. The molecule has 2 atom stereocenters. The summed E-state index contributed by atoms with van der Waals surface area (Å²) in [5.74, 6) is -0.776. The summed E-state index contributed by atoms with van der Waals surface area (Å²) in [6.45, 7) is 4.39. The Morgan fingerprint density at radius 3 is 0.859 bits per heavy atom. The predicted octanol–water partition coefficient (Wildman–Crippen LogP) is 29.0. The Labute approximate surface area is 616 Å². The molecule has 1 N–H and O–H groups in total. The van der Waals surface area contributed by atoms with Crippen LogP contribution in [0.25, 0.3) is 0 Å². The fraction of sp³-hybridized carbons (Fsp3) is 0.843. The number of hydrogen-bond acceptors (Lipinski definition) is 7. The van der Waals surface area contributed by atoms with Crippen LogP contribution < -0.4 is 0 Å². The first-order valence-electron chi connectivity index (χ1n) is 43.2. The number of hydrogen-bond donors (Lipinski definition) is 1. The highest BCUT2D eigenvalue weighted by Gasteiger charge is 2.27. The third-order valence-electron chi connectivity index (χ3n) is 19.5. The average Bonchev–Trinajstić information content (AvgIpc) is 1.06. The van der Waals surface area contributed by atoms with Gasteiger partial charge in [0.15, 0.2) is 6.10 Å². The molecule has 0 saturated heterocycles. The smallest absolute Gasteiger partial charge is 0.462 e. The Hall–Kier alpha value is -2.55. The minimum absolute atomic E-state index is 0.0327. The molecule has 0 aromatic carbocycles. The normalized spacial score (nSPS) is 13.3. The van der Waals surface area contributed by atoms with Crippen molar-refractivity contribution < 1.29 is 42.1 Å². The summed E-state index contributed by atoms with van der Waals surface area (Å²) in [4.78, 5) is 36.0. The van der Waals surface area contributed by atoms with Gasteiger partial charge in [-0.2, -0.15) is 0 Å². The molecular weight excluding hydrogens is 1240 g/mol. The van der Waals surface area contributed by atoms with Crippen molar-refractivity contribution in [2.24, 2.45) is 0 Å². The van der Waals surface area contributed by atoms with Crippen LogP contribution in [0.3, 0.4) is 0 Å². The molecule has 0 aliphatic rings. The lowest BCUT2D eigenvalue weighted by Crippen LogP contribution is -2.37. The van der Waals surface area contributed by atoms with Crippen LogP contribution >= 0.6 is 7.82 Å². The van der Waals surface area contributed by atoms with Crippen LogP contribution in [0.15, 0.2) is 72.9 Å². The third kappa shape index (κ3) is 84.3. The molecule has 0 saturated carbocycles. The summed E-state index contributed by atoms with van der Waals surface area (Å²) in [5, 5.41) is 0. The number of allylic oxidation sites excluding steroid dienone is 12. The molecule has 0 rings (SSSR count). The van der Waals surface area contributed by atoms with E-state index in [0.717, 1.165) is 70.6 Å². The zero-order valence-electron chi connectivity index (χ0n) is 66.5. The van der Waals surface area contributed by atoms with E-state index < -0.39 is 26.5 Å². The quantitative estimate of drug-likeness (QED) is 0.0211. The summed E-state index contributed by atoms with van der Waals surface area (Å²) in [6, 6.07) is 0. The van der Waals surface area contributed by atoms with Crippen molar-refractivity contribution in [3.8, 4) is 0 Å². The maximum Gasteiger partial charge on any atom is 0.472 e. The van der Waals surface area contributed by atoms with Crippen LogP contribution in [0.1, 0.15) is 431 Å². The largest absolute Gasteiger partial charge is 0.472 e. The van der Waals surface area contributed by atoms with Gasteiger partial charge < -0.3 is 18.9 Å². The highest BCUT2D eigenvalue weighted by molar-refractivity contribution is 7.47. The van der Waals surface area contributed by atoms with E-state index in [1.54, 1.807) is 0 Å². The van der Waals surface area contributed by atoms with Gasteiger partial charge in [-0.15, -0.1) is 0 Å². The molecule has 10 heteroatoms. The van der Waals surface area contributed by atoms with E-state index in [0.29, 0.717) is 23.9 Å². The van der Waals surface area contributed by atoms with Crippen LogP contribution in [0.5, 0.6) is 0 Å². The van der Waals surface area contributed by atoms with Crippen molar-refractivity contribution in [1.29, 1.82) is 0 Å². The SMILES string of the molecule is CC/C=C\C/C=C\C/C=C\C/C=C\C/C=C\C/C=C\CCCCCCCCCCCCCCCCCCC(=O)OC(COC(=O)CCCCCCCCCCCCCCCCCCCCCCCCCCCCCCCCCCCCCCCCCC)COP(=O)(O)OCC[N+](C)(C)C. The number of quaternary nitrogens is 1. The molecular formula is C89H167NO8P+. The lowest BCUT2D eigenvalue weighted by atomic mass is 10.0. The topological polar surface area (TPSA) is 108 Å². The molecule has 0 fully saturated rings. The molecule has 0 aliphatic heterocycles. The van der Waals surface area contributed by atoms with Crippen molar-refractivity contribution in [2.45, 2.75) is 437 Å². The zero-order valence-corrected chi connectivity index (χ0v) is 67.4. The van der Waals surface area contributed by atoms with Gasteiger partial charge in [0.2, 0.25) is 0 Å². The summed E-state index contributed by atoms with van der Waals surface area (Å²) in [5.41, 5.74) is 0. The monoisotopic (exact) mass is 1410 g/mol. The van der Waals surface area contributed by atoms with Crippen molar-refractivity contribution in [2.75, 3.05) is 47.5 Å². The highest BCUT2D eigenvalue weighted by Crippen LogP contribution is 2.43.